The van der Waals surface area contributed by atoms with Gasteiger partial charge in [0.1, 0.15) is 0 Å². The van der Waals surface area contributed by atoms with Gasteiger partial charge in [-0.1, -0.05) is 37.3 Å². The van der Waals surface area contributed by atoms with Gasteiger partial charge >= 0.3 is 0 Å². The molecule has 2 rings (SSSR count). The Kier molecular flexibility index (Phi) is 7.09. The molecule has 0 radical (unpaired) electrons. The highest BCUT2D eigenvalue weighted by atomic mass is 16.1. The van der Waals surface area contributed by atoms with E-state index in [1.165, 1.54) is 5.56 Å². The highest BCUT2D eigenvalue weighted by Crippen LogP contribution is 2.20. The average Bonchev–Trinajstić information content (AvgIpc) is 2.63. The van der Waals surface area contributed by atoms with Crippen LogP contribution in [0.5, 0.6) is 0 Å². The van der Waals surface area contributed by atoms with Crippen LogP contribution in [0.1, 0.15) is 37.7 Å². The van der Waals surface area contributed by atoms with Crippen LogP contribution >= 0.6 is 0 Å². The van der Waals surface area contributed by atoms with E-state index in [1.54, 1.807) is 7.05 Å². The number of guanidine groups is 1. The Morgan fingerprint density at radius 3 is 2.54 bits per heavy atom. The van der Waals surface area contributed by atoms with Gasteiger partial charge < -0.3 is 15.5 Å². The lowest BCUT2D eigenvalue weighted by Crippen LogP contribution is -2.46. The fourth-order valence-electron chi connectivity index (χ4n) is 3.19. The monoisotopic (exact) mass is 330 g/mol. The maximum absolute atomic E-state index is 11.5. The van der Waals surface area contributed by atoms with E-state index in [9.17, 15) is 4.79 Å². The molecular weight excluding hydrogens is 300 g/mol. The molecule has 5 nitrogen and oxygen atoms in total. The van der Waals surface area contributed by atoms with Crippen molar-refractivity contribution in [2.24, 2.45) is 10.9 Å². The Labute approximate surface area is 145 Å². The van der Waals surface area contributed by atoms with Crippen LogP contribution in [0.25, 0.3) is 0 Å². The molecule has 1 saturated heterocycles. The maximum Gasteiger partial charge on any atom is 0.220 e. The molecule has 1 heterocycles. The van der Waals surface area contributed by atoms with Gasteiger partial charge in [-0.2, -0.15) is 0 Å². The minimum Gasteiger partial charge on any atom is -0.359 e. The Balaban J connectivity index is 1.79. The molecular formula is C19H30N4O. The third-order valence-electron chi connectivity index (χ3n) is 4.81. The molecule has 1 aliphatic rings. The zero-order valence-electron chi connectivity index (χ0n) is 15.1. The Morgan fingerprint density at radius 1 is 1.29 bits per heavy atom. The first kappa shape index (κ1) is 18.3. The zero-order valence-corrected chi connectivity index (χ0v) is 15.1. The summed E-state index contributed by atoms with van der Waals surface area (Å²) in [5, 5.41) is 6.22. The molecule has 2 N–H and O–H groups in total. The molecule has 0 bridgehead atoms. The van der Waals surface area contributed by atoms with Crippen molar-refractivity contribution < 1.29 is 4.79 Å². The van der Waals surface area contributed by atoms with E-state index in [1.807, 2.05) is 13.1 Å². The standard InChI is InChI=1S/C19H30N4O/c1-15(17-7-5-4-6-8-17)14-22-19(21-3)23-11-9-16(10-12-23)13-18(24)20-2/h4-8,15-16H,9-14H2,1-3H3,(H,20,24)(H,21,22). The fraction of sp³-hybridized carbons (Fsp3) is 0.579. The van der Waals surface area contributed by atoms with Gasteiger partial charge in [0.2, 0.25) is 5.91 Å². The summed E-state index contributed by atoms with van der Waals surface area (Å²) < 4.78 is 0. The molecule has 1 aromatic rings. The fourth-order valence-corrected chi connectivity index (χ4v) is 3.19. The molecule has 1 aromatic carbocycles. The SMILES string of the molecule is CN=C(NCC(C)c1ccccc1)N1CCC(CC(=O)NC)CC1. The number of aliphatic imine (C=N–C) groups is 1. The van der Waals surface area contributed by atoms with Crippen LogP contribution in [0.3, 0.4) is 0 Å². The molecule has 0 aliphatic carbocycles. The Hall–Kier alpha value is -2.04. The largest absolute Gasteiger partial charge is 0.359 e. The number of hydrogen-bond donors (Lipinski definition) is 2. The number of benzene rings is 1. The molecule has 1 fully saturated rings. The predicted octanol–water partition coefficient (Wildman–Crippen LogP) is 2.21. The lowest BCUT2D eigenvalue weighted by molar-refractivity contribution is -0.121. The number of nitrogens with one attached hydrogen (secondary N) is 2. The van der Waals surface area contributed by atoms with Crippen molar-refractivity contribution in [1.82, 2.24) is 15.5 Å². The van der Waals surface area contributed by atoms with Crippen molar-refractivity contribution in [3.8, 4) is 0 Å². The second-order valence-electron chi connectivity index (χ2n) is 6.55. The molecule has 1 atom stereocenters. The van der Waals surface area contributed by atoms with Gasteiger partial charge in [-0.05, 0) is 30.2 Å². The number of piperidine rings is 1. The topological polar surface area (TPSA) is 56.7 Å². The van der Waals surface area contributed by atoms with E-state index >= 15 is 0 Å². The maximum atomic E-state index is 11.5. The number of likely N-dealkylation sites (tertiary alicyclic amines) is 1. The summed E-state index contributed by atoms with van der Waals surface area (Å²) in [5.41, 5.74) is 1.34. The van der Waals surface area contributed by atoms with Crippen LogP contribution < -0.4 is 10.6 Å². The molecule has 0 spiro atoms. The van der Waals surface area contributed by atoms with E-state index in [0.717, 1.165) is 38.4 Å². The summed E-state index contributed by atoms with van der Waals surface area (Å²) >= 11 is 0. The minimum atomic E-state index is 0.146. The number of carbonyl (C=O) groups is 1. The second-order valence-corrected chi connectivity index (χ2v) is 6.55. The van der Waals surface area contributed by atoms with E-state index in [-0.39, 0.29) is 5.91 Å². The first-order valence-electron chi connectivity index (χ1n) is 8.85. The molecule has 24 heavy (non-hydrogen) atoms. The van der Waals surface area contributed by atoms with Crippen LogP contribution in [-0.2, 0) is 4.79 Å². The smallest absolute Gasteiger partial charge is 0.220 e. The van der Waals surface area contributed by atoms with E-state index in [4.69, 9.17) is 0 Å². The average molecular weight is 330 g/mol. The Morgan fingerprint density at radius 2 is 1.96 bits per heavy atom. The third-order valence-corrected chi connectivity index (χ3v) is 4.81. The normalized spacial score (nSPS) is 17.5. The van der Waals surface area contributed by atoms with Crippen molar-refractivity contribution in [2.75, 3.05) is 33.7 Å². The van der Waals surface area contributed by atoms with Gasteiger partial charge in [0, 0.05) is 40.2 Å². The van der Waals surface area contributed by atoms with Crippen LogP contribution in [0.2, 0.25) is 0 Å². The number of rotatable bonds is 5. The van der Waals surface area contributed by atoms with Crippen molar-refractivity contribution in [3.63, 3.8) is 0 Å². The van der Waals surface area contributed by atoms with Gasteiger partial charge in [-0.3, -0.25) is 9.79 Å². The van der Waals surface area contributed by atoms with Gasteiger partial charge in [0.25, 0.3) is 0 Å². The van der Waals surface area contributed by atoms with Crippen molar-refractivity contribution in [1.29, 1.82) is 0 Å². The van der Waals surface area contributed by atoms with Gasteiger partial charge in [0.15, 0.2) is 5.96 Å². The summed E-state index contributed by atoms with van der Waals surface area (Å²) in [6.07, 6.45) is 2.73. The Bertz CT molecular complexity index is 536. The van der Waals surface area contributed by atoms with Gasteiger partial charge in [0.05, 0.1) is 0 Å². The molecule has 0 saturated carbocycles. The van der Waals surface area contributed by atoms with Crippen molar-refractivity contribution in [2.45, 2.75) is 32.1 Å². The lowest BCUT2D eigenvalue weighted by atomic mass is 9.93. The highest BCUT2D eigenvalue weighted by molar-refractivity contribution is 5.80. The van der Waals surface area contributed by atoms with Crippen LogP contribution in [0, 0.1) is 5.92 Å². The molecule has 1 unspecified atom stereocenters. The minimum absolute atomic E-state index is 0.146. The molecule has 132 valence electrons. The van der Waals surface area contributed by atoms with Crippen molar-refractivity contribution in [3.05, 3.63) is 35.9 Å². The first-order valence-corrected chi connectivity index (χ1v) is 8.85. The molecule has 5 heteroatoms. The first-order chi connectivity index (χ1) is 11.6. The van der Waals surface area contributed by atoms with Crippen LogP contribution in [0.4, 0.5) is 0 Å². The molecule has 0 aromatic heterocycles. The predicted molar refractivity (Wildman–Crippen MR) is 99.2 cm³/mol. The third kappa shape index (κ3) is 5.25. The lowest BCUT2D eigenvalue weighted by Gasteiger charge is -2.34. The van der Waals surface area contributed by atoms with E-state index in [0.29, 0.717) is 18.3 Å². The number of nitrogens with zero attached hydrogens (tertiary/aromatic N) is 2. The quantitative estimate of drug-likeness (QED) is 0.643. The van der Waals surface area contributed by atoms with Crippen LogP contribution in [-0.4, -0.2) is 50.5 Å². The van der Waals surface area contributed by atoms with Gasteiger partial charge in [-0.15, -0.1) is 0 Å². The van der Waals surface area contributed by atoms with Crippen molar-refractivity contribution >= 4 is 11.9 Å². The number of carbonyl (C=O) groups excluding carboxylic acids is 1. The summed E-state index contributed by atoms with van der Waals surface area (Å²) in [4.78, 5) is 18.2. The number of amides is 1. The molecule has 1 aliphatic heterocycles. The second kappa shape index (κ2) is 9.30. The van der Waals surface area contributed by atoms with Crippen LogP contribution in [0.15, 0.2) is 35.3 Å². The van der Waals surface area contributed by atoms with E-state index < -0.39 is 0 Å². The van der Waals surface area contributed by atoms with E-state index in [2.05, 4.69) is 51.7 Å². The summed E-state index contributed by atoms with van der Waals surface area (Å²) in [5.74, 6) is 2.04. The zero-order chi connectivity index (χ0) is 17.4. The highest BCUT2D eigenvalue weighted by Gasteiger charge is 2.23. The summed E-state index contributed by atoms with van der Waals surface area (Å²) in [6, 6.07) is 10.5. The summed E-state index contributed by atoms with van der Waals surface area (Å²) in [7, 11) is 3.54. The molecule has 1 amide bonds. The van der Waals surface area contributed by atoms with Gasteiger partial charge in [-0.25, -0.2) is 0 Å². The number of hydrogen-bond acceptors (Lipinski definition) is 2. The summed E-state index contributed by atoms with van der Waals surface area (Å²) in [6.45, 7) is 5.02.